The SMILES string of the molecule is COc1ccc(OC)c(NC(=O)c2nc(SCc3cccc(C)c3)ncc2Cl)c1. The number of amides is 1. The molecule has 1 aromatic heterocycles. The monoisotopic (exact) mass is 429 g/mol. The molecular formula is C21H20ClN3O3S. The van der Waals surface area contributed by atoms with Gasteiger partial charge in [-0.15, -0.1) is 0 Å². The molecule has 0 aliphatic heterocycles. The first-order valence-electron chi connectivity index (χ1n) is 8.74. The van der Waals surface area contributed by atoms with Gasteiger partial charge in [0.1, 0.15) is 11.5 Å². The number of methoxy groups -OCH3 is 2. The first-order chi connectivity index (χ1) is 14.0. The number of benzene rings is 2. The highest BCUT2D eigenvalue weighted by molar-refractivity contribution is 7.98. The third-order valence-corrected chi connectivity index (χ3v) is 5.25. The normalized spacial score (nSPS) is 10.5. The van der Waals surface area contributed by atoms with Crippen LogP contribution in [0.1, 0.15) is 21.6 Å². The largest absolute Gasteiger partial charge is 0.497 e. The Labute approximate surface area is 178 Å². The molecule has 3 rings (SSSR count). The number of rotatable bonds is 7. The van der Waals surface area contributed by atoms with Crippen molar-refractivity contribution in [3.05, 3.63) is 70.5 Å². The van der Waals surface area contributed by atoms with Crippen LogP contribution in [0.25, 0.3) is 0 Å². The van der Waals surface area contributed by atoms with E-state index in [9.17, 15) is 4.79 Å². The zero-order valence-electron chi connectivity index (χ0n) is 16.2. The number of hydrogen-bond acceptors (Lipinski definition) is 6. The third-order valence-electron chi connectivity index (χ3n) is 4.04. The molecule has 6 nitrogen and oxygen atoms in total. The van der Waals surface area contributed by atoms with E-state index in [1.54, 1.807) is 25.3 Å². The van der Waals surface area contributed by atoms with E-state index in [-0.39, 0.29) is 10.7 Å². The molecule has 0 bridgehead atoms. The molecule has 0 fully saturated rings. The molecule has 2 aromatic carbocycles. The van der Waals surface area contributed by atoms with Gasteiger partial charge >= 0.3 is 0 Å². The molecule has 1 heterocycles. The third kappa shape index (κ3) is 5.40. The van der Waals surface area contributed by atoms with Crippen LogP contribution in [0.3, 0.4) is 0 Å². The zero-order valence-corrected chi connectivity index (χ0v) is 17.8. The van der Waals surface area contributed by atoms with E-state index < -0.39 is 5.91 Å². The van der Waals surface area contributed by atoms with Gasteiger partial charge in [-0.25, -0.2) is 9.97 Å². The zero-order chi connectivity index (χ0) is 20.8. The van der Waals surface area contributed by atoms with Gasteiger partial charge in [0, 0.05) is 11.8 Å². The van der Waals surface area contributed by atoms with E-state index in [0.29, 0.717) is 28.1 Å². The van der Waals surface area contributed by atoms with Crippen LogP contribution in [0.15, 0.2) is 53.8 Å². The fourth-order valence-corrected chi connectivity index (χ4v) is 3.56. The smallest absolute Gasteiger partial charge is 0.276 e. The number of nitrogens with one attached hydrogen (secondary N) is 1. The number of nitrogens with zero attached hydrogens (tertiary/aromatic N) is 2. The van der Waals surface area contributed by atoms with Crippen molar-refractivity contribution in [1.82, 2.24) is 9.97 Å². The van der Waals surface area contributed by atoms with Gasteiger partial charge < -0.3 is 14.8 Å². The Kier molecular flexibility index (Phi) is 6.95. The quantitative estimate of drug-likeness (QED) is 0.421. The number of anilines is 1. The summed E-state index contributed by atoms with van der Waals surface area (Å²) in [5.74, 6) is 1.32. The minimum absolute atomic E-state index is 0.0956. The molecule has 8 heteroatoms. The molecule has 1 N–H and O–H groups in total. The van der Waals surface area contributed by atoms with Crippen molar-refractivity contribution < 1.29 is 14.3 Å². The standard InChI is InChI=1S/C21H20ClN3O3S/c1-13-5-4-6-14(9-13)12-29-21-23-11-16(22)19(25-21)20(26)24-17-10-15(27-2)7-8-18(17)28-3/h4-11H,12H2,1-3H3,(H,24,26). The Hall–Kier alpha value is -2.77. The Balaban J connectivity index is 1.78. The summed E-state index contributed by atoms with van der Waals surface area (Å²) in [6.07, 6.45) is 1.44. The van der Waals surface area contributed by atoms with Gasteiger partial charge in [0.2, 0.25) is 0 Å². The average Bonchev–Trinajstić information content (AvgIpc) is 2.73. The van der Waals surface area contributed by atoms with E-state index >= 15 is 0 Å². The van der Waals surface area contributed by atoms with E-state index in [0.717, 1.165) is 5.56 Å². The molecule has 1 amide bonds. The van der Waals surface area contributed by atoms with Crippen molar-refractivity contribution >= 4 is 35.0 Å². The summed E-state index contributed by atoms with van der Waals surface area (Å²) < 4.78 is 10.5. The van der Waals surface area contributed by atoms with E-state index in [4.69, 9.17) is 21.1 Å². The summed E-state index contributed by atoms with van der Waals surface area (Å²) >= 11 is 7.61. The summed E-state index contributed by atoms with van der Waals surface area (Å²) in [4.78, 5) is 21.3. The number of ether oxygens (including phenoxy) is 2. The van der Waals surface area contributed by atoms with Crippen molar-refractivity contribution in [2.24, 2.45) is 0 Å². The van der Waals surface area contributed by atoms with Crippen molar-refractivity contribution in [3.8, 4) is 11.5 Å². The van der Waals surface area contributed by atoms with Crippen molar-refractivity contribution in [1.29, 1.82) is 0 Å². The lowest BCUT2D eigenvalue weighted by Gasteiger charge is -2.12. The average molecular weight is 430 g/mol. The highest BCUT2D eigenvalue weighted by Gasteiger charge is 2.17. The Morgan fingerprint density at radius 2 is 2.00 bits per heavy atom. The number of carbonyl (C=O) groups excluding carboxylic acids is 1. The van der Waals surface area contributed by atoms with Crippen LogP contribution in [0.4, 0.5) is 5.69 Å². The Bertz CT molecular complexity index is 1030. The van der Waals surface area contributed by atoms with Crippen molar-refractivity contribution in [3.63, 3.8) is 0 Å². The summed E-state index contributed by atoms with van der Waals surface area (Å²) in [6.45, 7) is 2.04. The molecule has 0 aliphatic carbocycles. The molecule has 0 radical (unpaired) electrons. The highest BCUT2D eigenvalue weighted by Crippen LogP contribution is 2.30. The first-order valence-corrected chi connectivity index (χ1v) is 10.1. The molecule has 0 spiro atoms. The maximum absolute atomic E-state index is 12.8. The van der Waals surface area contributed by atoms with Gasteiger partial charge in [0.05, 0.1) is 31.1 Å². The van der Waals surface area contributed by atoms with Crippen LogP contribution in [0, 0.1) is 6.92 Å². The minimum Gasteiger partial charge on any atom is -0.497 e. The summed E-state index contributed by atoms with van der Waals surface area (Å²) in [5, 5.41) is 3.42. The summed E-state index contributed by atoms with van der Waals surface area (Å²) in [7, 11) is 3.07. The topological polar surface area (TPSA) is 73.3 Å². The number of carbonyl (C=O) groups is 1. The number of hydrogen-bond donors (Lipinski definition) is 1. The minimum atomic E-state index is -0.457. The molecule has 29 heavy (non-hydrogen) atoms. The van der Waals surface area contributed by atoms with Crippen molar-refractivity contribution in [2.75, 3.05) is 19.5 Å². The van der Waals surface area contributed by atoms with Crippen LogP contribution in [-0.4, -0.2) is 30.1 Å². The lowest BCUT2D eigenvalue weighted by atomic mass is 10.2. The van der Waals surface area contributed by atoms with Crippen LogP contribution in [0.5, 0.6) is 11.5 Å². The van der Waals surface area contributed by atoms with Crippen LogP contribution >= 0.6 is 23.4 Å². The lowest BCUT2D eigenvalue weighted by Crippen LogP contribution is -2.16. The summed E-state index contributed by atoms with van der Waals surface area (Å²) in [6, 6.07) is 13.3. The summed E-state index contributed by atoms with van der Waals surface area (Å²) in [5.41, 5.74) is 2.90. The van der Waals surface area contributed by atoms with Crippen LogP contribution in [0.2, 0.25) is 5.02 Å². The van der Waals surface area contributed by atoms with E-state index in [2.05, 4.69) is 21.4 Å². The fourth-order valence-electron chi connectivity index (χ4n) is 2.62. The number of halogens is 1. The molecule has 0 aliphatic rings. The number of thioether (sulfide) groups is 1. The number of aryl methyl sites for hydroxylation is 1. The second kappa shape index (κ2) is 9.62. The highest BCUT2D eigenvalue weighted by atomic mass is 35.5. The molecule has 0 saturated heterocycles. The van der Waals surface area contributed by atoms with Gasteiger partial charge in [-0.1, -0.05) is 53.2 Å². The molecule has 150 valence electrons. The van der Waals surface area contributed by atoms with Gasteiger partial charge in [-0.05, 0) is 24.6 Å². The van der Waals surface area contributed by atoms with Gasteiger partial charge in [-0.2, -0.15) is 0 Å². The maximum atomic E-state index is 12.8. The fraction of sp³-hybridized carbons (Fsp3) is 0.190. The molecule has 3 aromatic rings. The predicted molar refractivity (Wildman–Crippen MR) is 115 cm³/mol. The predicted octanol–water partition coefficient (Wildman–Crippen LogP) is 5.00. The van der Waals surface area contributed by atoms with Crippen molar-refractivity contribution in [2.45, 2.75) is 17.8 Å². The second-order valence-electron chi connectivity index (χ2n) is 6.15. The lowest BCUT2D eigenvalue weighted by molar-refractivity contribution is 0.102. The number of aromatic nitrogens is 2. The van der Waals surface area contributed by atoms with Gasteiger partial charge in [0.25, 0.3) is 5.91 Å². The Morgan fingerprint density at radius 1 is 1.17 bits per heavy atom. The van der Waals surface area contributed by atoms with Crippen LogP contribution in [-0.2, 0) is 5.75 Å². The molecule has 0 atom stereocenters. The first kappa shape index (κ1) is 21.0. The van der Waals surface area contributed by atoms with Gasteiger partial charge in [0.15, 0.2) is 10.9 Å². The van der Waals surface area contributed by atoms with E-state index in [1.807, 2.05) is 25.1 Å². The maximum Gasteiger partial charge on any atom is 0.276 e. The van der Waals surface area contributed by atoms with E-state index in [1.165, 1.54) is 30.6 Å². The van der Waals surface area contributed by atoms with Gasteiger partial charge in [-0.3, -0.25) is 4.79 Å². The molecule has 0 saturated carbocycles. The van der Waals surface area contributed by atoms with Crippen LogP contribution < -0.4 is 14.8 Å². The second-order valence-corrected chi connectivity index (χ2v) is 7.50. The molecular weight excluding hydrogens is 410 g/mol. The molecule has 0 unspecified atom stereocenters. The Morgan fingerprint density at radius 3 is 2.72 bits per heavy atom.